The van der Waals surface area contributed by atoms with E-state index in [0.717, 1.165) is 10.9 Å². The number of amides is 2. The number of carbonyl (C=O) groups is 2. The van der Waals surface area contributed by atoms with E-state index in [2.05, 4.69) is 40.4 Å². The molecule has 1 unspecified atom stereocenters. The van der Waals surface area contributed by atoms with E-state index < -0.39 is 0 Å². The molecular formula is C22H27BrN2O3. The van der Waals surface area contributed by atoms with Crippen LogP contribution in [0, 0.1) is 0 Å². The summed E-state index contributed by atoms with van der Waals surface area (Å²) in [4.78, 5) is 24.3. The fourth-order valence-corrected chi connectivity index (χ4v) is 3.11. The van der Waals surface area contributed by atoms with Gasteiger partial charge in [0.1, 0.15) is 5.75 Å². The molecule has 0 bridgehead atoms. The molecule has 0 fully saturated rings. The van der Waals surface area contributed by atoms with Gasteiger partial charge in [-0.15, -0.1) is 0 Å². The van der Waals surface area contributed by atoms with Crippen molar-refractivity contribution < 1.29 is 14.3 Å². The monoisotopic (exact) mass is 446 g/mol. The third-order valence-corrected chi connectivity index (χ3v) is 4.94. The number of nitrogens with one attached hydrogen (secondary N) is 2. The molecule has 2 aromatic carbocycles. The highest BCUT2D eigenvalue weighted by atomic mass is 79.9. The number of benzene rings is 2. The summed E-state index contributed by atoms with van der Waals surface area (Å²) in [6.07, 6.45) is 1.06. The van der Waals surface area contributed by atoms with Gasteiger partial charge in [0.05, 0.1) is 4.47 Å². The van der Waals surface area contributed by atoms with Crippen molar-refractivity contribution in [3.63, 3.8) is 0 Å². The second-order valence-corrected chi connectivity index (χ2v) is 7.90. The van der Waals surface area contributed by atoms with Crippen molar-refractivity contribution >= 4 is 33.4 Å². The molecule has 28 heavy (non-hydrogen) atoms. The summed E-state index contributed by atoms with van der Waals surface area (Å²) in [5, 5.41) is 5.59. The molecule has 0 radical (unpaired) electrons. The van der Waals surface area contributed by atoms with Crippen LogP contribution in [-0.2, 0) is 4.79 Å². The molecule has 5 nitrogen and oxygen atoms in total. The Bertz CT molecular complexity index is 836. The van der Waals surface area contributed by atoms with Gasteiger partial charge in [-0.25, -0.2) is 0 Å². The van der Waals surface area contributed by atoms with Crippen LogP contribution < -0.4 is 15.4 Å². The van der Waals surface area contributed by atoms with Gasteiger partial charge in [-0.05, 0) is 78.0 Å². The maximum Gasteiger partial charge on any atom is 0.262 e. The molecule has 0 aliphatic rings. The Labute approximate surface area is 175 Å². The quantitative estimate of drug-likeness (QED) is 0.591. The van der Waals surface area contributed by atoms with Crippen molar-refractivity contribution in [3.05, 3.63) is 58.1 Å². The maximum absolute atomic E-state index is 12.2. The molecule has 2 rings (SSSR count). The van der Waals surface area contributed by atoms with E-state index in [1.165, 1.54) is 5.56 Å². The van der Waals surface area contributed by atoms with Gasteiger partial charge >= 0.3 is 0 Å². The van der Waals surface area contributed by atoms with Gasteiger partial charge in [0.2, 0.25) is 0 Å². The standard InChI is InChI=1S/C22H27BrN2O3/c1-5-15(4)16-9-10-20(19(23)12-16)28-13-21(26)25-18-8-6-7-17(11-18)22(27)24-14(2)3/h6-12,14-15H,5,13H2,1-4H3,(H,24,27)(H,25,26). The lowest BCUT2D eigenvalue weighted by molar-refractivity contribution is -0.118. The molecule has 0 spiro atoms. The first-order valence-electron chi connectivity index (χ1n) is 9.43. The Hall–Kier alpha value is -2.34. The van der Waals surface area contributed by atoms with Gasteiger partial charge < -0.3 is 15.4 Å². The average Bonchev–Trinajstić information content (AvgIpc) is 2.66. The maximum atomic E-state index is 12.2. The van der Waals surface area contributed by atoms with E-state index in [4.69, 9.17) is 4.74 Å². The van der Waals surface area contributed by atoms with E-state index in [0.29, 0.717) is 22.9 Å². The van der Waals surface area contributed by atoms with E-state index in [9.17, 15) is 9.59 Å². The number of hydrogen-bond donors (Lipinski definition) is 2. The molecule has 0 aliphatic heterocycles. The molecule has 1 atom stereocenters. The molecule has 2 N–H and O–H groups in total. The Morgan fingerprint density at radius 1 is 1.11 bits per heavy atom. The summed E-state index contributed by atoms with van der Waals surface area (Å²) in [5.41, 5.74) is 2.27. The predicted molar refractivity (Wildman–Crippen MR) is 116 cm³/mol. The van der Waals surface area contributed by atoms with Gasteiger partial charge in [-0.1, -0.05) is 26.0 Å². The number of hydrogen-bond acceptors (Lipinski definition) is 3. The molecule has 0 saturated heterocycles. The Morgan fingerprint density at radius 3 is 2.50 bits per heavy atom. The summed E-state index contributed by atoms with van der Waals surface area (Å²) >= 11 is 3.51. The predicted octanol–water partition coefficient (Wildman–Crippen LogP) is 5.12. The summed E-state index contributed by atoms with van der Waals surface area (Å²) < 4.78 is 6.46. The molecule has 2 aromatic rings. The van der Waals surface area contributed by atoms with E-state index in [-0.39, 0.29) is 24.5 Å². The largest absolute Gasteiger partial charge is 0.483 e. The number of halogens is 1. The normalized spacial score (nSPS) is 11.8. The van der Waals surface area contributed by atoms with Gasteiger partial charge in [-0.3, -0.25) is 9.59 Å². The highest BCUT2D eigenvalue weighted by Crippen LogP contribution is 2.30. The fourth-order valence-electron chi connectivity index (χ4n) is 2.60. The van der Waals surface area contributed by atoms with E-state index in [1.54, 1.807) is 24.3 Å². The molecule has 0 aliphatic carbocycles. The van der Waals surface area contributed by atoms with Crippen molar-refractivity contribution in [1.82, 2.24) is 5.32 Å². The van der Waals surface area contributed by atoms with Crippen LogP contribution in [-0.4, -0.2) is 24.5 Å². The first-order valence-corrected chi connectivity index (χ1v) is 10.2. The summed E-state index contributed by atoms with van der Waals surface area (Å²) in [7, 11) is 0. The number of carbonyl (C=O) groups excluding carboxylic acids is 2. The van der Waals surface area contributed by atoms with Crippen LogP contribution in [0.1, 0.15) is 56.0 Å². The molecule has 2 amide bonds. The zero-order valence-corrected chi connectivity index (χ0v) is 18.3. The Balaban J connectivity index is 1.95. The van der Waals surface area contributed by atoms with Crippen molar-refractivity contribution in [2.24, 2.45) is 0 Å². The zero-order valence-electron chi connectivity index (χ0n) is 16.7. The lowest BCUT2D eigenvalue weighted by atomic mass is 9.99. The average molecular weight is 447 g/mol. The lowest BCUT2D eigenvalue weighted by Crippen LogP contribution is -2.30. The minimum atomic E-state index is -0.292. The smallest absolute Gasteiger partial charge is 0.262 e. The molecule has 150 valence electrons. The number of ether oxygens (including phenoxy) is 1. The van der Waals surface area contributed by atoms with Crippen LogP contribution in [0.2, 0.25) is 0 Å². The molecular weight excluding hydrogens is 420 g/mol. The first kappa shape index (κ1) is 22.0. The van der Waals surface area contributed by atoms with Crippen LogP contribution in [0.3, 0.4) is 0 Å². The first-order chi connectivity index (χ1) is 13.3. The Kier molecular flexibility index (Phi) is 8.05. The highest BCUT2D eigenvalue weighted by molar-refractivity contribution is 9.10. The highest BCUT2D eigenvalue weighted by Gasteiger charge is 2.11. The van der Waals surface area contributed by atoms with Crippen molar-refractivity contribution in [2.75, 3.05) is 11.9 Å². The third kappa shape index (κ3) is 6.37. The lowest BCUT2D eigenvalue weighted by Gasteiger charge is -2.13. The minimum absolute atomic E-state index is 0.0456. The molecule has 0 aromatic heterocycles. The van der Waals surface area contributed by atoms with Crippen LogP contribution in [0.4, 0.5) is 5.69 Å². The van der Waals surface area contributed by atoms with Crippen LogP contribution in [0.5, 0.6) is 5.75 Å². The van der Waals surface area contributed by atoms with E-state index in [1.807, 2.05) is 32.0 Å². The molecule has 0 heterocycles. The van der Waals surface area contributed by atoms with Gasteiger partial charge in [0, 0.05) is 17.3 Å². The van der Waals surface area contributed by atoms with Crippen LogP contribution in [0.15, 0.2) is 46.9 Å². The van der Waals surface area contributed by atoms with Gasteiger partial charge in [0.15, 0.2) is 6.61 Å². The van der Waals surface area contributed by atoms with Crippen LogP contribution >= 0.6 is 15.9 Å². The summed E-state index contributed by atoms with van der Waals surface area (Å²) in [5.74, 6) is 0.619. The Morgan fingerprint density at radius 2 is 1.86 bits per heavy atom. The second-order valence-electron chi connectivity index (χ2n) is 7.04. The summed E-state index contributed by atoms with van der Waals surface area (Å²) in [6.45, 7) is 7.99. The fraction of sp³-hybridized carbons (Fsp3) is 0.364. The zero-order chi connectivity index (χ0) is 20.7. The topological polar surface area (TPSA) is 67.4 Å². The second kappa shape index (κ2) is 10.3. The summed E-state index contributed by atoms with van der Waals surface area (Å²) in [6, 6.07) is 12.8. The van der Waals surface area contributed by atoms with E-state index >= 15 is 0 Å². The van der Waals surface area contributed by atoms with Crippen molar-refractivity contribution in [1.29, 1.82) is 0 Å². The third-order valence-electron chi connectivity index (χ3n) is 4.32. The molecule has 6 heteroatoms. The van der Waals surface area contributed by atoms with Crippen molar-refractivity contribution in [2.45, 2.75) is 46.1 Å². The van der Waals surface area contributed by atoms with Gasteiger partial charge in [-0.2, -0.15) is 0 Å². The SMILES string of the molecule is CCC(C)c1ccc(OCC(=O)Nc2cccc(C(=O)NC(C)C)c2)c(Br)c1. The number of anilines is 1. The van der Waals surface area contributed by atoms with Gasteiger partial charge in [0.25, 0.3) is 11.8 Å². The minimum Gasteiger partial charge on any atom is -0.483 e. The number of rotatable bonds is 8. The van der Waals surface area contributed by atoms with Crippen molar-refractivity contribution in [3.8, 4) is 5.75 Å². The molecule has 0 saturated carbocycles. The van der Waals surface area contributed by atoms with Crippen LogP contribution in [0.25, 0.3) is 0 Å².